The SMILES string of the molecule is CCCCC/C=C\[C@@H]1C[C@]1(NC(=O)[C@@H]1C[C@@H](OC(=O)N2Cc3cccc(F)c3C2)CN1C(=O)CNC(=O)OC(C)(C)C)C(=O)O. The van der Waals surface area contributed by atoms with Crippen LogP contribution in [0, 0.1) is 11.7 Å². The Morgan fingerprint density at radius 3 is 2.58 bits per heavy atom. The van der Waals surface area contributed by atoms with Crippen molar-refractivity contribution < 1.29 is 42.9 Å². The van der Waals surface area contributed by atoms with Crippen LogP contribution in [-0.4, -0.2) is 81.3 Å². The summed E-state index contributed by atoms with van der Waals surface area (Å²) >= 11 is 0. The van der Waals surface area contributed by atoms with Crippen LogP contribution in [0.3, 0.4) is 0 Å². The van der Waals surface area contributed by atoms with Crippen LogP contribution in [0.5, 0.6) is 0 Å². The Kier molecular flexibility index (Phi) is 10.4. The molecule has 3 N–H and O–H groups in total. The molecule has 45 heavy (non-hydrogen) atoms. The molecule has 0 unspecified atom stereocenters. The van der Waals surface area contributed by atoms with E-state index in [-0.39, 0.29) is 32.5 Å². The third-order valence-electron chi connectivity index (χ3n) is 8.21. The van der Waals surface area contributed by atoms with Gasteiger partial charge in [0.15, 0.2) is 0 Å². The van der Waals surface area contributed by atoms with Crippen LogP contribution in [0.2, 0.25) is 0 Å². The number of hydrogen-bond acceptors (Lipinski definition) is 7. The lowest BCUT2D eigenvalue weighted by Gasteiger charge is -2.26. The molecule has 246 valence electrons. The molecule has 1 aromatic carbocycles. The quantitative estimate of drug-likeness (QED) is 0.246. The van der Waals surface area contributed by atoms with E-state index >= 15 is 0 Å². The fraction of sp³-hybridized carbons (Fsp3) is 0.594. The first kappa shape index (κ1) is 33.7. The van der Waals surface area contributed by atoms with E-state index in [1.807, 2.05) is 12.2 Å². The van der Waals surface area contributed by atoms with Crippen molar-refractivity contribution in [2.45, 2.75) is 103 Å². The van der Waals surface area contributed by atoms with Crippen LogP contribution in [0.1, 0.15) is 77.3 Å². The summed E-state index contributed by atoms with van der Waals surface area (Å²) in [6.07, 6.45) is 5.35. The topological polar surface area (TPSA) is 155 Å². The minimum Gasteiger partial charge on any atom is -0.479 e. The van der Waals surface area contributed by atoms with E-state index in [1.165, 1.54) is 15.9 Å². The smallest absolute Gasteiger partial charge is 0.410 e. The number of likely N-dealkylation sites (tertiary alicyclic amines) is 1. The Hall–Kier alpha value is -4.16. The van der Waals surface area contributed by atoms with E-state index in [0.29, 0.717) is 11.1 Å². The monoisotopic (exact) mass is 630 g/mol. The van der Waals surface area contributed by atoms with E-state index in [4.69, 9.17) is 9.47 Å². The maximum absolute atomic E-state index is 14.2. The zero-order valence-corrected chi connectivity index (χ0v) is 26.3. The van der Waals surface area contributed by atoms with Gasteiger partial charge in [0, 0.05) is 24.4 Å². The fourth-order valence-corrected chi connectivity index (χ4v) is 5.74. The van der Waals surface area contributed by atoms with Crippen molar-refractivity contribution in [2.75, 3.05) is 13.1 Å². The number of hydrogen-bond donors (Lipinski definition) is 3. The van der Waals surface area contributed by atoms with Gasteiger partial charge < -0.3 is 30.1 Å². The number of rotatable bonds is 11. The number of unbranched alkanes of at least 4 members (excludes halogenated alkanes) is 3. The van der Waals surface area contributed by atoms with Gasteiger partial charge in [-0.05, 0) is 51.7 Å². The first-order valence-corrected chi connectivity index (χ1v) is 15.4. The van der Waals surface area contributed by atoms with Crippen LogP contribution in [0.25, 0.3) is 0 Å². The molecule has 1 saturated carbocycles. The van der Waals surface area contributed by atoms with Gasteiger partial charge in [-0.3, -0.25) is 14.5 Å². The molecule has 4 atom stereocenters. The molecular formula is C32H43FN4O8. The maximum Gasteiger partial charge on any atom is 0.410 e. The number of halogens is 1. The molecular weight excluding hydrogens is 587 g/mol. The molecule has 12 nitrogen and oxygen atoms in total. The molecule has 1 saturated heterocycles. The number of ether oxygens (including phenoxy) is 2. The largest absolute Gasteiger partial charge is 0.479 e. The average molecular weight is 631 g/mol. The summed E-state index contributed by atoms with van der Waals surface area (Å²) < 4.78 is 25.1. The zero-order chi connectivity index (χ0) is 32.9. The molecule has 4 amide bonds. The van der Waals surface area contributed by atoms with Gasteiger partial charge in [0.05, 0.1) is 13.1 Å². The highest BCUT2D eigenvalue weighted by molar-refractivity contribution is 5.95. The van der Waals surface area contributed by atoms with Crippen molar-refractivity contribution in [1.29, 1.82) is 0 Å². The normalized spacial score (nSPS) is 23.9. The second-order valence-electron chi connectivity index (χ2n) is 12.9. The minimum absolute atomic E-state index is 0.0222. The highest BCUT2D eigenvalue weighted by Crippen LogP contribution is 2.45. The lowest BCUT2D eigenvalue weighted by atomic mass is 10.1. The predicted molar refractivity (Wildman–Crippen MR) is 160 cm³/mol. The molecule has 4 rings (SSSR count). The number of carbonyl (C=O) groups excluding carboxylic acids is 4. The van der Waals surface area contributed by atoms with Gasteiger partial charge in [-0.25, -0.2) is 18.8 Å². The van der Waals surface area contributed by atoms with Crippen molar-refractivity contribution >= 4 is 30.0 Å². The standard InChI is InChI=1S/C32H43FN4O8/c1-5-6-7-8-9-12-21-15-32(21,28(40)41)35-27(39)25-14-22(18-37(25)26(38)16-34-29(42)45-31(2,3)4)44-30(43)36-17-20-11-10-13-24(33)23(20)19-36/h9-13,21-22,25H,5-8,14-19H2,1-4H3,(H,34,42)(H,35,39)(H,40,41)/b12-9-/t21-,22-,25+,32-/m1/s1. The van der Waals surface area contributed by atoms with E-state index in [0.717, 1.165) is 25.7 Å². The van der Waals surface area contributed by atoms with Crippen LogP contribution in [-0.2, 0) is 36.9 Å². The van der Waals surface area contributed by atoms with Crippen molar-refractivity contribution in [3.63, 3.8) is 0 Å². The Morgan fingerprint density at radius 1 is 1.16 bits per heavy atom. The number of carboxylic acid groups (broad SMARTS) is 1. The molecule has 0 spiro atoms. The Morgan fingerprint density at radius 2 is 1.91 bits per heavy atom. The number of carbonyl (C=O) groups is 5. The number of nitrogens with one attached hydrogen (secondary N) is 2. The summed E-state index contributed by atoms with van der Waals surface area (Å²) in [5, 5.41) is 15.0. The number of alkyl carbamates (subject to hydrolysis) is 1. The molecule has 1 aliphatic carbocycles. The highest BCUT2D eigenvalue weighted by atomic mass is 19.1. The number of allylic oxidation sites excluding steroid dienone is 1. The van der Waals surface area contributed by atoms with Crippen molar-refractivity contribution in [1.82, 2.24) is 20.4 Å². The van der Waals surface area contributed by atoms with Gasteiger partial charge in [-0.2, -0.15) is 0 Å². The molecule has 13 heteroatoms. The molecule has 1 aromatic rings. The maximum atomic E-state index is 14.2. The van der Waals surface area contributed by atoms with Crippen molar-refractivity contribution in [3.05, 3.63) is 47.3 Å². The van der Waals surface area contributed by atoms with Crippen LogP contribution < -0.4 is 10.6 Å². The average Bonchev–Trinajstić information content (AvgIpc) is 3.28. The number of aliphatic carboxylic acids is 1. The lowest BCUT2D eigenvalue weighted by Crippen LogP contribution is -2.54. The van der Waals surface area contributed by atoms with Gasteiger partial charge in [0.25, 0.3) is 0 Å². The summed E-state index contributed by atoms with van der Waals surface area (Å²) in [5.74, 6) is -3.32. The molecule has 2 aliphatic heterocycles. The summed E-state index contributed by atoms with van der Waals surface area (Å²) in [7, 11) is 0. The highest BCUT2D eigenvalue weighted by Gasteiger charge is 2.61. The number of nitrogens with zero attached hydrogens (tertiary/aromatic N) is 2. The zero-order valence-electron chi connectivity index (χ0n) is 26.3. The van der Waals surface area contributed by atoms with Crippen LogP contribution in [0.15, 0.2) is 30.4 Å². The molecule has 0 aromatic heterocycles. The number of fused-ring (bicyclic) bond motifs is 1. The van der Waals surface area contributed by atoms with Gasteiger partial charge in [0.2, 0.25) is 11.8 Å². The first-order valence-electron chi connectivity index (χ1n) is 15.4. The fourth-order valence-electron chi connectivity index (χ4n) is 5.74. The lowest BCUT2D eigenvalue weighted by molar-refractivity contribution is -0.145. The summed E-state index contributed by atoms with van der Waals surface area (Å²) in [6, 6.07) is 3.45. The van der Waals surface area contributed by atoms with Gasteiger partial charge in [-0.15, -0.1) is 0 Å². The third-order valence-corrected chi connectivity index (χ3v) is 8.21. The first-order chi connectivity index (χ1) is 21.2. The van der Waals surface area contributed by atoms with Gasteiger partial charge in [0.1, 0.15) is 35.6 Å². The number of benzene rings is 1. The van der Waals surface area contributed by atoms with Crippen molar-refractivity contribution in [2.24, 2.45) is 5.92 Å². The number of carboxylic acids is 1. The van der Waals surface area contributed by atoms with Gasteiger partial charge in [-0.1, -0.05) is 44.1 Å². The van der Waals surface area contributed by atoms with E-state index in [1.54, 1.807) is 32.9 Å². The summed E-state index contributed by atoms with van der Waals surface area (Å²) in [4.78, 5) is 66.8. The molecule has 3 aliphatic rings. The summed E-state index contributed by atoms with van der Waals surface area (Å²) in [5.41, 5.74) is -1.22. The van der Waals surface area contributed by atoms with Crippen molar-refractivity contribution in [3.8, 4) is 0 Å². The molecule has 0 radical (unpaired) electrons. The molecule has 2 fully saturated rings. The van der Waals surface area contributed by atoms with E-state index in [2.05, 4.69) is 17.6 Å². The summed E-state index contributed by atoms with van der Waals surface area (Å²) in [6.45, 7) is 6.63. The second kappa shape index (κ2) is 13.9. The predicted octanol–water partition coefficient (Wildman–Crippen LogP) is 3.87. The van der Waals surface area contributed by atoms with Crippen LogP contribution >= 0.6 is 0 Å². The van der Waals surface area contributed by atoms with Gasteiger partial charge >= 0.3 is 18.2 Å². The second-order valence-corrected chi connectivity index (χ2v) is 12.9. The Bertz CT molecular complexity index is 1340. The van der Waals surface area contributed by atoms with E-state index < -0.39 is 71.5 Å². The Balaban J connectivity index is 1.43. The van der Waals surface area contributed by atoms with Crippen LogP contribution in [0.4, 0.5) is 14.0 Å². The minimum atomic E-state index is -1.50. The Labute approximate surface area is 262 Å². The number of amides is 4. The third kappa shape index (κ3) is 8.31. The molecule has 0 bridgehead atoms. The molecule has 2 heterocycles. The van der Waals surface area contributed by atoms with E-state index in [9.17, 15) is 33.5 Å².